The molecule has 1 heterocycles. The first-order valence-corrected chi connectivity index (χ1v) is 8.33. The summed E-state index contributed by atoms with van der Waals surface area (Å²) in [4.78, 5) is 11.6. The number of hydrogen-bond donors (Lipinski definition) is 1. The number of phenolic OH excluding ortho intramolecular Hbond substituents is 1. The lowest BCUT2D eigenvalue weighted by Crippen LogP contribution is -2.00. The molecule has 6 nitrogen and oxygen atoms in total. The molecule has 0 fully saturated rings. The van der Waals surface area contributed by atoms with E-state index in [1.54, 1.807) is 16.8 Å². The number of aromatic hydroxyl groups is 1. The molecule has 0 aliphatic rings. The van der Waals surface area contributed by atoms with Crippen molar-refractivity contribution in [2.24, 2.45) is 0 Å². The average molecular weight is 357 g/mol. The Balaban J connectivity index is 2.07. The lowest BCUT2D eigenvalue weighted by atomic mass is 10.1. The summed E-state index contributed by atoms with van der Waals surface area (Å²) in [5, 5.41) is 26.4. The molecule has 1 N–H and O–H groups in total. The predicted molar refractivity (Wildman–Crippen MR) is 103 cm³/mol. The van der Waals surface area contributed by atoms with Gasteiger partial charge in [0.05, 0.1) is 10.6 Å². The highest BCUT2D eigenvalue weighted by Gasteiger charge is 2.30. The first kappa shape index (κ1) is 16.5. The summed E-state index contributed by atoms with van der Waals surface area (Å²) in [6, 6.07) is 24.7. The molecule has 0 unspecified atom stereocenters. The van der Waals surface area contributed by atoms with Gasteiger partial charge in [0.15, 0.2) is 11.4 Å². The standard InChI is InChI=1S/C21H15N3O3/c25-18-13-7-10-16(14-18)19-21(24(26)27)20(15-8-3-1-4-9-15)23(22-19)17-11-5-2-6-12-17/h1-14,25H. The van der Waals surface area contributed by atoms with Gasteiger partial charge in [0.1, 0.15) is 5.75 Å². The van der Waals surface area contributed by atoms with E-state index in [1.165, 1.54) is 12.1 Å². The number of rotatable bonds is 4. The van der Waals surface area contributed by atoms with Crippen molar-refractivity contribution >= 4 is 5.69 Å². The third kappa shape index (κ3) is 3.04. The molecular weight excluding hydrogens is 342 g/mol. The zero-order chi connectivity index (χ0) is 18.8. The van der Waals surface area contributed by atoms with Gasteiger partial charge in [-0.05, 0) is 24.3 Å². The highest BCUT2D eigenvalue weighted by atomic mass is 16.6. The van der Waals surface area contributed by atoms with E-state index < -0.39 is 4.92 Å². The Labute approximate surface area is 155 Å². The third-order valence-corrected chi connectivity index (χ3v) is 4.21. The molecule has 0 atom stereocenters. The number of hydrogen-bond acceptors (Lipinski definition) is 4. The van der Waals surface area contributed by atoms with Crippen molar-refractivity contribution < 1.29 is 10.0 Å². The fourth-order valence-corrected chi connectivity index (χ4v) is 3.04. The summed E-state index contributed by atoms with van der Waals surface area (Å²) in [6.45, 7) is 0. The first-order chi connectivity index (χ1) is 13.1. The highest BCUT2D eigenvalue weighted by molar-refractivity contribution is 5.83. The SMILES string of the molecule is O=[N+]([O-])c1c(-c2cccc(O)c2)nn(-c2ccccc2)c1-c1ccccc1. The van der Waals surface area contributed by atoms with Crippen LogP contribution in [0.1, 0.15) is 0 Å². The Morgan fingerprint density at radius 3 is 2.11 bits per heavy atom. The van der Waals surface area contributed by atoms with E-state index in [1.807, 2.05) is 60.7 Å². The van der Waals surface area contributed by atoms with Crippen LogP contribution in [-0.2, 0) is 0 Å². The van der Waals surface area contributed by atoms with Gasteiger partial charge in [-0.1, -0.05) is 60.7 Å². The molecule has 4 rings (SSSR count). The number of para-hydroxylation sites is 1. The van der Waals surface area contributed by atoms with Gasteiger partial charge in [0.25, 0.3) is 0 Å². The molecule has 6 heteroatoms. The van der Waals surface area contributed by atoms with Gasteiger partial charge in [-0.15, -0.1) is 0 Å². The van der Waals surface area contributed by atoms with Crippen LogP contribution in [0.5, 0.6) is 5.75 Å². The smallest absolute Gasteiger partial charge is 0.323 e. The molecule has 0 spiro atoms. The Hall–Kier alpha value is -3.93. The Kier molecular flexibility index (Phi) is 4.14. The van der Waals surface area contributed by atoms with Crippen molar-refractivity contribution in [2.75, 3.05) is 0 Å². The summed E-state index contributed by atoms with van der Waals surface area (Å²) in [5.41, 5.74) is 2.38. The molecule has 3 aromatic carbocycles. The molecule has 0 radical (unpaired) electrons. The van der Waals surface area contributed by atoms with E-state index >= 15 is 0 Å². The molecule has 27 heavy (non-hydrogen) atoms. The molecular formula is C21H15N3O3. The van der Waals surface area contributed by atoms with Crippen LogP contribution in [0.3, 0.4) is 0 Å². The molecule has 0 aliphatic heterocycles. The van der Waals surface area contributed by atoms with Crippen molar-refractivity contribution in [3.63, 3.8) is 0 Å². The number of nitrogens with zero attached hydrogens (tertiary/aromatic N) is 3. The second-order valence-electron chi connectivity index (χ2n) is 5.97. The van der Waals surface area contributed by atoms with E-state index in [-0.39, 0.29) is 17.1 Å². The maximum Gasteiger partial charge on any atom is 0.323 e. The molecule has 0 amide bonds. The molecule has 0 saturated heterocycles. The van der Waals surface area contributed by atoms with Crippen LogP contribution in [0.2, 0.25) is 0 Å². The third-order valence-electron chi connectivity index (χ3n) is 4.21. The average Bonchev–Trinajstić information content (AvgIpc) is 3.10. The summed E-state index contributed by atoms with van der Waals surface area (Å²) < 4.78 is 1.58. The number of nitro groups is 1. The van der Waals surface area contributed by atoms with Gasteiger partial charge in [0, 0.05) is 11.1 Å². The van der Waals surface area contributed by atoms with Crippen molar-refractivity contribution in [1.29, 1.82) is 0 Å². The minimum absolute atomic E-state index is 0.0253. The van der Waals surface area contributed by atoms with E-state index in [2.05, 4.69) is 5.10 Å². The zero-order valence-corrected chi connectivity index (χ0v) is 14.2. The maximum atomic E-state index is 12.0. The minimum Gasteiger partial charge on any atom is -0.508 e. The fraction of sp³-hybridized carbons (Fsp3) is 0. The summed E-state index contributed by atoms with van der Waals surface area (Å²) >= 11 is 0. The van der Waals surface area contributed by atoms with Crippen LogP contribution in [0.25, 0.3) is 28.2 Å². The summed E-state index contributed by atoms with van der Waals surface area (Å²) in [5.74, 6) is 0.0253. The Morgan fingerprint density at radius 1 is 0.852 bits per heavy atom. The molecule has 1 aromatic heterocycles. The first-order valence-electron chi connectivity index (χ1n) is 8.33. The van der Waals surface area contributed by atoms with Crippen LogP contribution < -0.4 is 0 Å². The van der Waals surface area contributed by atoms with Gasteiger partial charge in [-0.2, -0.15) is 5.10 Å². The monoisotopic (exact) mass is 357 g/mol. The second kappa shape index (κ2) is 6.76. The van der Waals surface area contributed by atoms with Gasteiger partial charge in [-0.3, -0.25) is 10.1 Å². The van der Waals surface area contributed by atoms with Gasteiger partial charge in [-0.25, -0.2) is 4.68 Å². The normalized spacial score (nSPS) is 10.7. The molecule has 0 saturated carbocycles. The second-order valence-corrected chi connectivity index (χ2v) is 5.97. The lowest BCUT2D eigenvalue weighted by Gasteiger charge is -2.06. The number of benzene rings is 3. The number of phenols is 1. The maximum absolute atomic E-state index is 12.0. The topological polar surface area (TPSA) is 81.2 Å². The van der Waals surface area contributed by atoms with Crippen molar-refractivity contribution in [1.82, 2.24) is 9.78 Å². The highest BCUT2D eigenvalue weighted by Crippen LogP contribution is 2.40. The predicted octanol–water partition coefficient (Wildman–Crippen LogP) is 4.82. The van der Waals surface area contributed by atoms with Crippen LogP contribution in [0.4, 0.5) is 5.69 Å². The van der Waals surface area contributed by atoms with Crippen molar-refractivity contribution in [3.8, 4) is 34.0 Å². The summed E-state index contributed by atoms with van der Waals surface area (Å²) in [6.07, 6.45) is 0. The van der Waals surface area contributed by atoms with E-state index in [9.17, 15) is 15.2 Å². The minimum atomic E-state index is -0.422. The van der Waals surface area contributed by atoms with Gasteiger partial charge in [0.2, 0.25) is 0 Å². The van der Waals surface area contributed by atoms with Crippen LogP contribution in [-0.4, -0.2) is 19.8 Å². The molecule has 0 aliphatic carbocycles. The molecule has 132 valence electrons. The van der Waals surface area contributed by atoms with E-state index in [0.717, 1.165) is 0 Å². The van der Waals surface area contributed by atoms with Crippen molar-refractivity contribution in [3.05, 3.63) is 95.0 Å². The molecule has 0 bridgehead atoms. The van der Waals surface area contributed by atoms with Crippen molar-refractivity contribution in [2.45, 2.75) is 0 Å². The van der Waals surface area contributed by atoms with Crippen LogP contribution >= 0.6 is 0 Å². The zero-order valence-electron chi connectivity index (χ0n) is 14.2. The summed E-state index contributed by atoms with van der Waals surface area (Å²) in [7, 11) is 0. The van der Waals surface area contributed by atoms with Crippen LogP contribution in [0, 0.1) is 10.1 Å². The molecule has 4 aromatic rings. The van der Waals surface area contributed by atoms with Gasteiger partial charge < -0.3 is 5.11 Å². The van der Waals surface area contributed by atoms with E-state index in [4.69, 9.17) is 0 Å². The largest absolute Gasteiger partial charge is 0.508 e. The lowest BCUT2D eigenvalue weighted by molar-refractivity contribution is -0.383. The Morgan fingerprint density at radius 2 is 1.48 bits per heavy atom. The van der Waals surface area contributed by atoms with Gasteiger partial charge >= 0.3 is 5.69 Å². The fourth-order valence-electron chi connectivity index (χ4n) is 3.04. The van der Waals surface area contributed by atoms with E-state index in [0.29, 0.717) is 22.5 Å². The Bertz CT molecular complexity index is 1110. The van der Waals surface area contributed by atoms with Crippen LogP contribution in [0.15, 0.2) is 84.9 Å². The quantitative estimate of drug-likeness (QED) is 0.419. The number of aromatic nitrogens is 2.